The van der Waals surface area contributed by atoms with Crippen LogP contribution >= 0.6 is 0 Å². The summed E-state index contributed by atoms with van der Waals surface area (Å²) in [6.45, 7) is 4.20. The van der Waals surface area contributed by atoms with Gasteiger partial charge in [0.15, 0.2) is 0 Å². The molecule has 1 unspecified atom stereocenters. The molecule has 0 aliphatic heterocycles. The maximum absolute atomic E-state index is 5.68. The van der Waals surface area contributed by atoms with E-state index in [2.05, 4.69) is 67.8 Å². The molecule has 2 aromatic rings. The highest BCUT2D eigenvalue weighted by Crippen LogP contribution is 2.18. The minimum Gasteiger partial charge on any atom is -0.271 e. The number of benzene rings is 2. The largest absolute Gasteiger partial charge is 0.271 e. The first-order chi connectivity index (χ1) is 8.69. The summed E-state index contributed by atoms with van der Waals surface area (Å²) in [7, 11) is 0. The number of hydrogen-bond donors (Lipinski definition) is 2. The molecule has 3 N–H and O–H groups in total. The van der Waals surface area contributed by atoms with Crippen LogP contribution in [0.15, 0.2) is 48.5 Å². The fourth-order valence-corrected chi connectivity index (χ4v) is 2.15. The van der Waals surface area contributed by atoms with E-state index in [1.165, 1.54) is 22.3 Å². The summed E-state index contributed by atoms with van der Waals surface area (Å²) < 4.78 is 0. The molecule has 0 aliphatic carbocycles. The number of nitrogens with two attached hydrogens (primary N) is 1. The summed E-state index contributed by atoms with van der Waals surface area (Å²) in [5.41, 5.74) is 7.99. The van der Waals surface area contributed by atoms with Crippen LogP contribution < -0.4 is 11.3 Å². The van der Waals surface area contributed by atoms with Crippen LogP contribution in [0.4, 0.5) is 0 Å². The smallest absolute Gasteiger partial charge is 0.0500 e. The number of hydrogen-bond acceptors (Lipinski definition) is 2. The lowest BCUT2D eigenvalue weighted by Gasteiger charge is -2.17. The van der Waals surface area contributed by atoms with Crippen molar-refractivity contribution < 1.29 is 0 Å². The lowest BCUT2D eigenvalue weighted by molar-refractivity contribution is 0.552. The Bertz CT molecular complexity index is 503. The Kier molecular flexibility index (Phi) is 4.13. The zero-order valence-electron chi connectivity index (χ0n) is 11.0. The maximum Gasteiger partial charge on any atom is 0.0500 e. The van der Waals surface area contributed by atoms with Crippen LogP contribution in [0, 0.1) is 13.8 Å². The quantitative estimate of drug-likeness (QED) is 0.636. The standard InChI is InChI=1S/C16H20N2/c1-12-6-8-15(9-7-12)16(18-17)11-14-5-3-4-13(2)10-14/h3-10,16,18H,11,17H2,1-2H3. The van der Waals surface area contributed by atoms with Gasteiger partial charge in [-0.2, -0.15) is 0 Å². The first-order valence-corrected chi connectivity index (χ1v) is 6.27. The molecule has 0 bridgehead atoms. The molecule has 2 rings (SSSR count). The molecule has 94 valence electrons. The van der Waals surface area contributed by atoms with Gasteiger partial charge < -0.3 is 0 Å². The number of hydrazine groups is 1. The molecular formula is C16H20N2. The Morgan fingerprint density at radius 2 is 1.72 bits per heavy atom. The predicted octanol–water partition coefficient (Wildman–Crippen LogP) is 3.05. The summed E-state index contributed by atoms with van der Waals surface area (Å²) in [6.07, 6.45) is 0.904. The normalized spacial score (nSPS) is 12.4. The van der Waals surface area contributed by atoms with E-state index >= 15 is 0 Å². The SMILES string of the molecule is Cc1ccc(C(Cc2cccc(C)c2)NN)cc1. The molecule has 0 radical (unpaired) electrons. The number of nitrogens with one attached hydrogen (secondary N) is 1. The average Bonchev–Trinajstić information content (AvgIpc) is 2.37. The van der Waals surface area contributed by atoms with Crippen LogP contribution in [0.5, 0.6) is 0 Å². The first kappa shape index (κ1) is 12.8. The van der Waals surface area contributed by atoms with E-state index in [0.717, 1.165) is 6.42 Å². The van der Waals surface area contributed by atoms with Gasteiger partial charge in [0.25, 0.3) is 0 Å². The molecule has 2 aromatic carbocycles. The molecule has 0 aliphatic rings. The number of aryl methyl sites for hydroxylation is 2. The Hall–Kier alpha value is -1.64. The van der Waals surface area contributed by atoms with E-state index in [9.17, 15) is 0 Å². The maximum atomic E-state index is 5.68. The summed E-state index contributed by atoms with van der Waals surface area (Å²) >= 11 is 0. The molecule has 0 spiro atoms. The molecular weight excluding hydrogens is 220 g/mol. The van der Waals surface area contributed by atoms with Gasteiger partial charge in [0.1, 0.15) is 0 Å². The minimum atomic E-state index is 0.160. The summed E-state index contributed by atoms with van der Waals surface area (Å²) in [5.74, 6) is 5.68. The molecule has 0 amide bonds. The van der Waals surface area contributed by atoms with Crippen molar-refractivity contribution >= 4 is 0 Å². The third-order valence-corrected chi connectivity index (χ3v) is 3.20. The topological polar surface area (TPSA) is 38.0 Å². The van der Waals surface area contributed by atoms with E-state index < -0.39 is 0 Å². The zero-order chi connectivity index (χ0) is 13.0. The fraction of sp³-hybridized carbons (Fsp3) is 0.250. The van der Waals surface area contributed by atoms with Gasteiger partial charge in [-0.15, -0.1) is 0 Å². The summed E-state index contributed by atoms with van der Waals surface area (Å²) in [5, 5.41) is 0. The van der Waals surface area contributed by atoms with E-state index in [1.54, 1.807) is 0 Å². The Labute approximate surface area is 109 Å². The van der Waals surface area contributed by atoms with Crippen molar-refractivity contribution in [1.82, 2.24) is 5.43 Å². The van der Waals surface area contributed by atoms with Gasteiger partial charge in [0.05, 0.1) is 0 Å². The molecule has 2 nitrogen and oxygen atoms in total. The van der Waals surface area contributed by atoms with Gasteiger partial charge >= 0.3 is 0 Å². The molecule has 0 saturated heterocycles. The van der Waals surface area contributed by atoms with E-state index in [4.69, 9.17) is 5.84 Å². The Balaban J connectivity index is 2.17. The second kappa shape index (κ2) is 5.80. The number of rotatable bonds is 4. The van der Waals surface area contributed by atoms with Crippen LogP contribution in [-0.4, -0.2) is 0 Å². The van der Waals surface area contributed by atoms with Crippen molar-refractivity contribution in [1.29, 1.82) is 0 Å². The molecule has 0 aromatic heterocycles. The van der Waals surface area contributed by atoms with Crippen LogP contribution in [-0.2, 0) is 6.42 Å². The van der Waals surface area contributed by atoms with Crippen molar-refractivity contribution in [3.8, 4) is 0 Å². The second-order valence-electron chi connectivity index (χ2n) is 4.82. The highest BCUT2D eigenvalue weighted by atomic mass is 15.2. The van der Waals surface area contributed by atoms with Gasteiger partial charge in [-0.3, -0.25) is 11.3 Å². The van der Waals surface area contributed by atoms with E-state index in [0.29, 0.717) is 0 Å². The average molecular weight is 240 g/mol. The van der Waals surface area contributed by atoms with E-state index in [1.807, 2.05) is 0 Å². The third kappa shape index (κ3) is 3.19. The van der Waals surface area contributed by atoms with Crippen molar-refractivity contribution in [3.63, 3.8) is 0 Å². The van der Waals surface area contributed by atoms with Crippen molar-refractivity contribution in [3.05, 3.63) is 70.8 Å². The van der Waals surface area contributed by atoms with Crippen molar-refractivity contribution in [2.24, 2.45) is 5.84 Å². The first-order valence-electron chi connectivity index (χ1n) is 6.27. The van der Waals surface area contributed by atoms with Gasteiger partial charge in [-0.1, -0.05) is 59.7 Å². The molecule has 2 heteroatoms. The monoisotopic (exact) mass is 240 g/mol. The second-order valence-corrected chi connectivity index (χ2v) is 4.82. The molecule has 0 heterocycles. The van der Waals surface area contributed by atoms with Crippen LogP contribution in [0.1, 0.15) is 28.3 Å². The highest BCUT2D eigenvalue weighted by molar-refractivity contribution is 5.28. The van der Waals surface area contributed by atoms with Crippen LogP contribution in [0.2, 0.25) is 0 Å². The molecule has 18 heavy (non-hydrogen) atoms. The third-order valence-electron chi connectivity index (χ3n) is 3.20. The van der Waals surface area contributed by atoms with Crippen molar-refractivity contribution in [2.75, 3.05) is 0 Å². The Morgan fingerprint density at radius 1 is 1.00 bits per heavy atom. The van der Waals surface area contributed by atoms with Crippen LogP contribution in [0.3, 0.4) is 0 Å². The Morgan fingerprint density at radius 3 is 2.33 bits per heavy atom. The lowest BCUT2D eigenvalue weighted by atomic mass is 9.98. The minimum absolute atomic E-state index is 0.160. The summed E-state index contributed by atoms with van der Waals surface area (Å²) in [6, 6.07) is 17.2. The van der Waals surface area contributed by atoms with Crippen molar-refractivity contribution in [2.45, 2.75) is 26.3 Å². The van der Waals surface area contributed by atoms with Crippen LogP contribution in [0.25, 0.3) is 0 Å². The molecule has 0 fully saturated rings. The molecule has 1 atom stereocenters. The van der Waals surface area contributed by atoms with Gasteiger partial charge in [0.2, 0.25) is 0 Å². The summed E-state index contributed by atoms with van der Waals surface area (Å²) in [4.78, 5) is 0. The van der Waals surface area contributed by atoms with Gasteiger partial charge in [-0.05, 0) is 31.4 Å². The van der Waals surface area contributed by atoms with Gasteiger partial charge in [-0.25, -0.2) is 0 Å². The predicted molar refractivity (Wildman–Crippen MR) is 76.1 cm³/mol. The fourth-order valence-electron chi connectivity index (χ4n) is 2.15. The molecule has 0 saturated carbocycles. The lowest BCUT2D eigenvalue weighted by Crippen LogP contribution is -2.29. The zero-order valence-corrected chi connectivity index (χ0v) is 11.0. The van der Waals surface area contributed by atoms with E-state index in [-0.39, 0.29) is 6.04 Å². The van der Waals surface area contributed by atoms with Gasteiger partial charge in [0, 0.05) is 6.04 Å². The highest BCUT2D eigenvalue weighted by Gasteiger charge is 2.10.